The van der Waals surface area contributed by atoms with Crippen molar-refractivity contribution in [2.75, 3.05) is 0 Å². The molecular formula is C12H16F3N5S. The molecule has 0 radical (unpaired) electrons. The second-order valence-electron chi connectivity index (χ2n) is 4.86. The average molecular weight is 319 g/mol. The maximum Gasteiger partial charge on any atom is 0.408 e. The first-order valence-corrected chi connectivity index (χ1v) is 7.21. The minimum atomic E-state index is -4.27. The van der Waals surface area contributed by atoms with Crippen LogP contribution in [0.4, 0.5) is 13.2 Å². The highest BCUT2D eigenvalue weighted by Gasteiger charge is 2.30. The molecule has 0 unspecified atom stereocenters. The van der Waals surface area contributed by atoms with E-state index in [0.29, 0.717) is 17.9 Å². The predicted octanol–water partition coefficient (Wildman–Crippen LogP) is 2.76. The summed E-state index contributed by atoms with van der Waals surface area (Å²) in [6.07, 6.45) is -4.27. The summed E-state index contributed by atoms with van der Waals surface area (Å²) in [6.45, 7) is 4.72. The molecule has 5 nitrogen and oxygen atoms in total. The first-order chi connectivity index (χ1) is 9.78. The SMILES string of the molecule is Cc1nn(CC(F)(F)F)c(C)c1[C@H](C)NCc1csnn1. The van der Waals surface area contributed by atoms with Crippen molar-refractivity contribution < 1.29 is 13.2 Å². The van der Waals surface area contributed by atoms with Crippen molar-refractivity contribution in [1.29, 1.82) is 0 Å². The van der Waals surface area contributed by atoms with Gasteiger partial charge < -0.3 is 5.32 Å². The second-order valence-corrected chi connectivity index (χ2v) is 5.47. The van der Waals surface area contributed by atoms with E-state index in [1.54, 1.807) is 13.8 Å². The van der Waals surface area contributed by atoms with Gasteiger partial charge in [0.15, 0.2) is 0 Å². The number of alkyl halides is 3. The molecule has 0 aliphatic heterocycles. The quantitative estimate of drug-likeness (QED) is 0.921. The van der Waals surface area contributed by atoms with Crippen LogP contribution in [-0.2, 0) is 13.1 Å². The molecule has 0 aliphatic rings. The lowest BCUT2D eigenvalue weighted by Gasteiger charge is -2.14. The molecule has 0 saturated carbocycles. The van der Waals surface area contributed by atoms with Crippen LogP contribution in [0.5, 0.6) is 0 Å². The van der Waals surface area contributed by atoms with Crippen molar-refractivity contribution >= 4 is 11.5 Å². The van der Waals surface area contributed by atoms with Gasteiger partial charge in [-0.25, -0.2) is 0 Å². The minimum Gasteiger partial charge on any atom is -0.304 e. The summed E-state index contributed by atoms with van der Waals surface area (Å²) < 4.78 is 42.3. The maximum absolute atomic E-state index is 12.5. The minimum absolute atomic E-state index is 0.117. The van der Waals surface area contributed by atoms with Gasteiger partial charge in [-0.3, -0.25) is 4.68 Å². The van der Waals surface area contributed by atoms with Crippen LogP contribution in [0.1, 0.15) is 35.6 Å². The number of halogens is 3. The number of hydrogen-bond acceptors (Lipinski definition) is 5. The molecule has 0 amide bonds. The van der Waals surface area contributed by atoms with E-state index in [1.807, 2.05) is 12.3 Å². The van der Waals surface area contributed by atoms with Gasteiger partial charge in [-0.05, 0) is 32.3 Å². The fraction of sp³-hybridized carbons (Fsp3) is 0.583. The van der Waals surface area contributed by atoms with Crippen LogP contribution in [0.2, 0.25) is 0 Å². The van der Waals surface area contributed by atoms with Crippen LogP contribution in [-0.4, -0.2) is 25.5 Å². The number of aromatic nitrogens is 4. The molecule has 2 heterocycles. The number of rotatable bonds is 5. The van der Waals surface area contributed by atoms with Gasteiger partial charge in [0.2, 0.25) is 0 Å². The van der Waals surface area contributed by atoms with Gasteiger partial charge in [-0.2, -0.15) is 18.3 Å². The predicted molar refractivity (Wildman–Crippen MR) is 72.9 cm³/mol. The summed E-state index contributed by atoms with van der Waals surface area (Å²) in [6, 6.07) is -0.117. The standard InChI is InChI=1S/C12H16F3N5S/c1-7(16-4-10-5-21-19-17-10)11-8(2)18-20(9(11)3)6-12(13,14)15/h5,7,16H,4,6H2,1-3H3/t7-/m0/s1. The Morgan fingerprint density at radius 3 is 2.67 bits per heavy atom. The normalized spacial score (nSPS) is 13.6. The summed E-state index contributed by atoms with van der Waals surface area (Å²) in [5.74, 6) is 0. The van der Waals surface area contributed by atoms with Crippen LogP contribution >= 0.6 is 11.5 Å². The van der Waals surface area contributed by atoms with Gasteiger partial charge in [-0.1, -0.05) is 4.49 Å². The average Bonchev–Trinajstić information content (AvgIpc) is 2.94. The number of nitrogens with one attached hydrogen (secondary N) is 1. The van der Waals surface area contributed by atoms with Crippen molar-refractivity contribution in [3.63, 3.8) is 0 Å². The van der Waals surface area contributed by atoms with E-state index >= 15 is 0 Å². The summed E-state index contributed by atoms with van der Waals surface area (Å²) in [5.41, 5.74) is 2.74. The first-order valence-electron chi connectivity index (χ1n) is 6.38. The monoisotopic (exact) mass is 319 g/mol. The first kappa shape index (κ1) is 15.9. The highest BCUT2D eigenvalue weighted by atomic mass is 32.1. The molecule has 0 aromatic carbocycles. The number of hydrogen-bond donors (Lipinski definition) is 1. The Balaban J connectivity index is 2.11. The van der Waals surface area contributed by atoms with E-state index in [2.05, 4.69) is 20.0 Å². The molecule has 0 fully saturated rings. The lowest BCUT2D eigenvalue weighted by atomic mass is 10.1. The van der Waals surface area contributed by atoms with Crippen molar-refractivity contribution in [2.24, 2.45) is 0 Å². The molecular weight excluding hydrogens is 303 g/mol. The highest BCUT2D eigenvalue weighted by Crippen LogP contribution is 2.25. The third-order valence-electron chi connectivity index (χ3n) is 3.19. The number of nitrogens with zero attached hydrogens (tertiary/aromatic N) is 4. The molecule has 0 spiro atoms. The van der Waals surface area contributed by atoms with Gasteiger partial charge in [0.05, 0.1) is 11.4 Å². The molecule has 9 heteroatoms. The molecule has 1 atom stereocenters. The van der Waals surface area contributed by atoms with Crippen molar-refractivity contribution in [3.8, 4) is 0 Å². The van der Waals surface area contributed by atoms with Crippen LogP contribution in [0.25, 0.3) is 0 Å². The molecule has 1 N–H and O–H groups in total. The van der Waals surface area contributed by atoms with E-state index in [9.17, 15) is 13.2 Å². The molecule has 21 heavy (non-hydrogen) atoms. The fourth-order valence-electron chi connectivity index (χ4n) is 2.28. The van der Waals surface area contributed by atoms with Crippen LogP contribution < -0.4 is 5.32 Å². The summed E-state index contributed by atoms with van der Waals surface area (Å²) in [4.78, 5) is 0. The van der Waals surface area contributed by atoms with E-state index < -0.39 is 12.7 Å². The summed E-state index contributed by atoms with van der Waals surface area (Å²) >= 11 is 1.26. The Bertz CT molecular complexity index is 591. The lowest BCUT2D eigenvalue weighted by Crippen LogP contribution is -2.21. The van der Waals surface area contributed by atoms with E-state index in [0.717, 1.165) is 15.9 Å². The van der Waals surface area contributed by atoms with Gasteiger partial charge in [0.25, 0.3) is 0 Å². The van der Waals surface area contributed by atoms with Crippen molar-refractivity contribution in [3.05, 3.63) is 28.0 Å². The maximum atomic E-state index is 12.5. The molecule has 0 aliphatic carbocycles. The largest absolute Gasteiger partial charge is 0.408 e. The molecule has 2 aromatic heterocycles. The van der Waals surface area contributed by atoms with E-state index in [1.165, 1.54) is 11.5 Å². The molecule has 116 valence electrons. The summed E-state index contributed by atoms with van der Waals surface area (Å²) in [5, 5.41) is 13.0. The zero-order chi connectivity index (χ0) is 15.6. The molecule has 2 aromatic rings. The van der Waals surface area contributed by atoms with Crippen LogP contribution in [0, 0.1) is 13.8 Å². The van der Waals surface area contributed by atoms with Gasteiger partial charge >= 0.3 is 6.18 Å². The Kier molecular flexibility index (Phi) is 4.62. The zero-order valence-electron chi connectivity index (χ0n) is 11.9. The molecule has 0 saturated heterocycles. The smallest absolute Gasteiger partial charge is 0.304 e. The Labute approximate surface area is 124 Å². The van der Waals surface area contributed by atoms with Gasteiger partial charge in [-0.15, -0.1) is 5.10 Å². The van der Waals surface area contributed by atoms with Crippen molar-refractivity contribution in [2.45, 2.75) is 46.1 Å². The van der Waals surface area contributed by atoms with Crippen LogP contribution in [0.15, 0.2) is 5.38 Å². The van der Waals surface area contributed by atoms with E-state index in [-0.39, 0.29) is 6.04 Å². The fourth-order valence-corrected chi connectivity index (χ4v) is 2.73. The van der Waals surface area contributed by atoms with Gasteiger partial charge in [0.1, 0.15) is 6.54 Å². The highest BCUT2D eigenvalue weighted by molar-refractivity contribution is 7.03. The van der Waals surface area contributed by atoms with Crippen LogP contribution in [0.3, 0.4) is 0 Å². The third-order valence-corrected chi connectivity index (χ3v) is 3.75. The van der Waals surface area contributed by atoms with E-state index in [4.69, 9.17) is 0 Å². The second kappa shape index (κ2) is 6.10. The molecule has 2 rings (SSSR count). The van der Waals surface area contributed by atoms with Crippen molar-refractivity contribution in [1.82, 2.24) is 24.7 Å². The zero-order valence-corrected chi connectivity index (χ0v) is 12.7. The topological polar surface area (TPSA) is 55.6 Å². The molecule has 0 bridgehead atoms. The van der Waals surface area contributed by atoms with Gasteiger partial charge in [0, 0.05) is 29.2 Å². The third kappa shape index (κ3) is 4.01. The lowest BCUT2D eigenvalue weighted by molar-refractivity contribution is -0.142. The number of aryl methyl sites for hydroxylation is 1. The summed E-state index contributed by atoms with van der Waals surface area (Å²) in [7, 11) is 0. The Morgan fingerprint density at radius 1 is 1.38 bits per heavy atom. The Morgan fingerprint density at radius 2 is 2.10 bits per heavy atom. The Hall–Kier alpha value is -1.48.